The molecule has 0 atom stereocenters. The molecule has 64 heavy (non-hydrogen) atoms. The quantitative estimate of drug-likeness (QED) is 0.152. The summed E-state index contributed by atoms with van der Waals surface area (Å²) in [7, 11) is 0. The summed E-state index contributed by atoms with van der Waals surface area (Å²) >= 11 is 0. The third-order valence-electron chi connectivity index (χ3n) is 12.7. The molecule has 0 N–H and O–H groups in total. The van der Waals surface area contributed by atoms with Crippen LogP contribution in [-0.2, 0) is 0 Å². The lowest BCUT2D eigenvalue weighted by molar-refractivity contribution is 0.669. The molecule has 0 saturated carbocycles. The molecule has 12 rings (SSSR count). The van der Waals surface area contributed by atoms with Crippen molar-refractivity contribution in [3.63, 3.8) is 0 Å². The highest BCUT2D eigenvalue weighted by atomic mass is 16.3. The summed E-state index contributed by atoms with van der Waals surface area (Å²) in [4.78, 5) is 2.36. The molecule has 0 spiro atoms. The predicted molar refractivity (Wildman–Crippen MR) is 271 cm³/mol. The van der Waals surface area contributed by atoms with Gasteiger partial charge >= 0.3 is 0 Å². The zero-order valence-corrected chi connectivity index (χ0v) is 35.0. The molecule has 12 aromatic rings. The van der Waals surface area contributed by atoms with Crippen molar-refractivity contribution >= 4 is 60.5 Å². The minimum atomic E-state index is 0.897. The van der Waals surface area contributed by atoms with Crippen LogP contribution in [0.25, 0.3) is 99.1 Å². The molecule has 2 nitrogen and oxygen atoms in total. The van der Waals surface area contributed by atoms with Gasteiger partial charge in [0.2, 0.25) is 0 Å². The van der Waals surface area contributed by atoms with E-state index in [-0.39, 0.29) is 0 Å². The largest absolute Gasteiger partial charge is 0.456 e. The molecule has 0 unspecified atom stereocenters. The topological polar surface area (TPSA) is 16.4 Å². The molecule has 300 valence electrons. The average Bonchev–Trinajstić information content (AvgIpc) is 3.76. The second kappa shape index (κ2) is 15.8. The van der Waals surface area contributed by atoms with Crippen LogP contribution in [-0.4, -0.2) is 0 Å². The second-order valence-electron chi connectivity index (χ2n) is 16.4. The van der Waals surface area contributed by atoms with Crippen molar-refractivity contribution < 1.29 is 4.42 Å². The number of hydrogen-bond acceptors (Lipinski definition) is 2. The first-order valence-corrected chi connectivity index (χ1v) is 21.9. The van der Waals surface area contributed by atoms with Crippen molar-refractivity contribution in [1.82, 2.24) is 0 Å². The first-order chi connectivity index (χ1) is 31.7. The van der Waals surface area contributed by atoms with E-state index in [4.69, 9.17) is 4.42 Å². The van der Waals surface area contributed by atoms with Crippen LogP contribution in [0.1, 0.15) is 0 Å². The van der Waals surface area contributed by atoms with Crippen LogP contribution in [0.2, 0.25) is 0 Å². The number of para-hydroxylation sites is 1. The van der Waals surface area contributed by atoms with Crippen LogP contribution in [0.15, 0.2) is 253 Å². The number of nitrogens with zero attached hydrogens (tertiary/aromatic N) is 1. The molecule has 0 amide bonds. The molecule has 0 saturated heterocycles. The molecule has 0 aliphatic carbocycles. The highest BCUT2D eigenvalue weighted by molar-refractivity contribution is 6.14. The number of furan rings is 1. The molecular weight excluding hydrogens is 775 g/mol. The van der Waals surface area contributed by atoms with Gasteiger partial charge in [0.1, 0.15) is 11.2 Å². The van der Waals surface area contributed by atoms with Gasteiger partial charge in [0.05, 0.1) is 0 Å². The monoisotopic (exact) mass is 815 g/mol. The highest BCUT2D eigenvalue weighted by Gasteiger charge is 2.18. The van der Waals surface area contributed by atoms with Gasteiger partial charge in [-0.15, -0.1) is 0 Å². The van der Waals surface area contributed by atoms with Crippen molar-refractivity contribution in [3.05, 3.63) is 249 Å². The lowest BCUT2D eigenvalue weighted by Crippen LogP contribution is -2.09. The minimum absolute atomic E-state index is 0.897. The summed E-state index contributed by atoms with van der Waals surface area (Å²) < 4.78 is 6.33. The molecule has 0 bridgehead atoms. The van der Waals surface area contributed by atoms with Gasteiger partial charge in [-0.05, 0) is 132 Å². The van der Waals surface area contributed by atoms with Crippen LogP contribution in [0, 0.1) is 0 Å². The van der Waals surface area contributed by atoms with Crippen molar-refractivity contribution in [1.29, 1.82) is 0 Å². The number of anilines is 3. The second-order valence-corrected chi connectivity index (χ2v) is 16.4. The maximum atomic E-state index is 6.33. The highest BCUT2D eigenvalue weighted by Crippen LogP contribution is 2.43. The van der Waals surface area contributed by atoms with Gasteiger partial charge in [-0.2, -0.15) is 0 Å². The molecule has 0 aliphatic rings. The number of hydrogen-bond donors (Lipinski definition) is 0. The maximum absolute atomic E-state index is 6.33. The van der Waals surface area contributed by atoms with Gasteiger partial charge in [0.15, 0.2) is 0 Å². The molecule has 1 heterocycles. The molecule has 2 heteroatoms. The first-order valence-electron chi connectivity index (χ1n) is 21.9. The number of fused-ring (bicyclic) bond motifs is 5. The van der Waals surface area contributed by atoms with Crippen LogP contribution < -0.4 is 4.90 Å². The van der Waals surface area contributed by atoms with Crippen LogP contribution >= 0.6 is 0 Å². The predicted octanol–water partition coefficient (Wildman–Crippen LogP) is 17.7. The zero-order valence-electron chi connectivity index (χ0n) is 35.0. The van der Waals surface area contributed by atoms with Gasteiger partial charge in [-0.25, -0.2) is 0 Å². The maximum Gasteiger partial charge on any atom is 0.136 e. The van der Waals surface area contributed by atoms with Crippen molar-refractivity contribution in [3.8, 4) is 55.6 Å². The Hall–Kier alpha value is -8.46. The Bertz CT molecular complexity index is 3510. The fourth-order valence-electron chi connectivity index (χ4n) is 9.60. The molecule has 11 aromatic carbocycles. The Labute approximate surface area is 372 Å². The third kappa shape index (κ3) is 6.61. The van der Waals surface area contributed by atoms with E-state index < -0.39 is 0 Å². The van der Waals surface area contributed by atoms with E-state index in [0.717, 1.165) is 55.7 Å². The molecule has 0 radical (unpaired) electrons. The van der Waals surface area contributed by atoms with E-state index in [2.05, 4.69) is 241 Å². The van der Waals surface area contributed by atoms with Gasteiger partial charge in [-0.1, -0.05) is 194 Å². The Kier molecular flexibility index (Phi) is 9.20. The van der Waals surface area contributed by atoms with Gasteiger partial charge in [-0.3, -0.25) is 0 Å². The SMILES string of the molecule is c1ccc(-c2cc(-c3ccc(N(c4ccc(-c5cccc6ccccc56)cc4)c4ccc(-c5cccc6ccccc56)cc4)cc3)ccc2-c2cccc3oc4ccccc4c23)cc1. The van der Waals surface area contributed by atoms with Crippen molar-refractivity contribution in [2.45, 2.75) is 0 Å². The Morgan fingerprint density at radius 1 is 0.250 bits per heavy atom. The van der Waals surface area contributed by atoms with E-state index in [0.29, 0.717) is 0 Å². The third-order valence-corrected chi connectivity index (χ3v) is 12.7. The minimum Gasteiger partial charge on any atom is -0.456 e. The van der Waals surface area contributed by atoms with Crippen LogP contribution in [0.4, 0.5) is 17.1 Å². The Balaban J connectivity index is 0.946. The lowest BCUT2D eigenvalue weighted by Gasteiger charge is -2.26. The molecule has 0 aliphatic heterocycles. The van der Waals surface area contributed by atoms with Crippen LogP contribution in [0.3, 0.4) is 0 Å². The van der Waals surface area contributed by atoms with E-state index in [9.17, 15) is 0 Å². The smallest absolute Gasteiger partial charge is 0.136 e. The average molecular weight is 816 g/mol. The fourth-order valence-corrected chi connectivity index (χ4v) is 9.60. The van der Waals surface area contributed by atoms with Gasteiger partial charge < -0.3 is 9.32 Å². The summed E-state index contributed by atoms with van der Waals surface area (Å²) in [6.07, 6.45) is 0. The lowest BCUT2D eigenvalue weighted by atomic mass is 9.89. The van der Waals surface area contributed by atoms with E-state index in [1.165, 1.54) is 60.5 Å². The van der Waals surface area contributed by atoms with Gasteiger partial charge in [0.25, 0.3) is 0 Å². The van der Waals surface area contributed by atoms with E-state index >= 15 is 0 Å². The van der Waals surface area contributed by atoms with Crippen molar-refractivity contribution in [2.75, 3.05) is 4.90 Å². The number of benzene rings is 11. The Morgan fingerprint density at radius 3 is 1.30 bits per heavy atom. The summed E-state index contributed by atoms with van der Waals surface area (Å²) in [6, 6.07) is 89.7. The standard InChI is InChI=1S/C62H41NO/c1-2-13-45(14-3-1)59-41-48(33-40-56(59)57-24-12-26-61-62(57)58-21-8-9-25-60(58)64-61)42-27-34-49(35-28-42)63(50-36-29-46(30-37-50)54-22-10-17-43-15-4-6-19-52(43)54)51-38-31-47(32-39-51)55-23-11-18-44-16-5-7-20-53(44)55/h1-41H. The molecule has 1 aromatic heterocycles. The summed E-state index contributed by atoms with van der Waals surface area (Å²) in [5.41, 5.74) is 16.9. The fraction of sp³-hybridized carbons (Fsp3) is 0. The zero-order chi connectivity index (χ0) is 42.4. The summed E-state index contributed by atoms with van der Waals surface area (Å²) in [5.74, 6) is 0. The van der Waals surface area contributed by atoms with Gasteiger partial charge in [0, 0.05) is 27.8 Å². The Morgan fingerprint density at radius 2 is 0.688 bits per heavy atom. The normalized spacial score (nSPS) is 11.4. The number of rotatable bonds is 8. The summed E-state index contributed by atoms with van der Waals surface area (Å²) in [5, 5.41) is 7.26. The van der Waals surface area contributed by atoms with Crippen LogP contribution in [0.5, 0.6) is 0 Å². The molecular formula is C62H41NO. The van der Waals surface area contributed by atoms with Crippen molar-refractivity contribution in [2.24, 2.45) is 0 Å². The van der Waals surface area contributed by atoms with E-state index in [1.807, 2.05) is 12.1 Å². The first kappa shape index (κ1) is 37.3. The molecule has 0 fully saturated rings. The van der Waals surface area contributed by atoms with E-state index in [1.54, 1.807) is 0 Å². The summed E-state index contributed by atoms with van der Waals surface area (Å²) in [6.45, 7) is 0.